The van der Waals surface area contributed by atoms with Crippen LogP contribution in [0.1, 0.15) is 24.8 Å². The van der Waals surface area contributed by atoms with E-state index in [-0.39, 0.29) is 0 Å². The first-order chi connectivity index (χ1) is 7.85. The molecule has 0 unspecified atom stereocenters. The van der Waals surface area contributed by atoms with Crippen LogP contribution in [0, 0.1) is 22.7 Å². The highest BCUT2D eigenvalue weighted by molar-refractivity contribution is 5.51. The summed E-state index contributed by atoms with van der Waals surface area (Å²) in [4.78, 5) is 2.27. The van der Waals surface area contributed by atoms with Crippen LogP contribution in [-0.2, 0) is 0 Å². The van der Waals surface area contributed by atoms with Crippen molar-refractivity contribution in [2.24, 2.45) is 0 Å². The van der Waals surface area contributed by atoms with E-state index in [0.29, 0.717) is 18.0 Å². The molecule has 0 spiro atoms. The molecule has 3 heteroatoms. The Labute approximate surface area is 95.5 Å². The van der Waals surface area contributed by atoms with E-state index < -0.39 is 0 Å². The van der Waals surface area contributed by atoms with Crippen molar-refractivity contribution in [1.82, 2.24) is 0 Å². The number of nitriles is 2. The van der Waals surface area contributed by atoms with Gasteiger partial charge in [-0.2, -0.15) is 10.5 Å². The van der Waals surface area contributed by atoms with Crippen LogP contribution in [0.4, 0.5) is 5.69 Å². The standard InChI is InChI=1S/C13H13N3/c14-8-1-9-16(13-6-7-13)12-4-2-11(10-15)3-5-12/h2-5,13H,1,6-7,9H2. The van der Waals surface area contributed by atoms with Gasteiger partial charge in [-0.1, -0.05) is 0 Å². The fraction of sp³-hybridized carbons (Fsp3) is 0.385. The highest BCUT2D eigenvalue weighted by Crippen LogP contribution is 2.31. The zero-order valence-corrected chi connectivity index (χ0v) is 9.06. The maximum absolute atomic E-state index is 8.72. The molecule has 1 fully saturated rings. The normalized spacial score (nSPS) is 13.9. The van der Waals surface area contributed by atoms with E-state index in [0.717, 1.165) is 12.2 Å². The molecular formula is C13H13N3. The van der Waals surface area contributed by atoms with Crippen molar-refractivity contribution in [3.05, 3.63) is 29.8 Å². The summed E-state index contributed by atoms with van der Waals surface area (Å²) in [6.45, 7) is 0.785. The largest absolute Gasteiger partial charge is 0.368 e. The van der Waals surface area contributed by atoms with Crippen molar-refractivity contribution in [1.29, 1.82) is 10.5 Å². The first-order valence-electron chi connectivity index (χ1n) is 5.49. The van der Waals surface area contributed by atoms with Crippen LogP contribution in [0.3, 0.4) is 0 Å². The van der Waals surface area contributed by atoms with Crippen LogP contribution in [0.25, 0.3) is 0 Å². The number of anilines is 1. The Morgan fingerprint density at radius 3 is 2.38 bits per heavy atom. The molecule has 0 heterocycles. The number of benzene rings is 1. The Hall–Kier alpha value is -2.00. The summed E-state index contributed by atoms with van der Waals surface area (Å²) >= 11 is 0. The summed E-state index contributed by atoms with van der Waals surface area (Å²) < 4.78 is 0. The number of nitrogens with zero attached hydrogens (tertiary/aromatic N) is 3. The summed E-state index contributed by atoms with van der Waals surface area (Å²) in [5.41, 5.74) is 1.80. The van der Waals surface area contributed by atoms with Crippen molar-refractivity contribution in [3.63, 3.8) is 0 Å². The second-order valence-corrected chi connectivity index (χ2v) is 3.99. The number of hydrogen-bond acceptors (Lipinski definition) is 3. The van der Waals surface area contributed by atoms with Gasteiger partial charge >= 0.3 is 0 Å². The molecule has 1 saturated carbocycles. The summed E-state index contributed by atoms with van der Waals surface area (Å²) in [6.07, 6.45) is 2.98. The fourth-order valence-corrected chi connectivity index (χ4v) is 1.81. The Kier molecular flexibility index (Phi) is 3.08. The van der Waals surface area contributed by atoms with Crippen LogP contribution in [0.15, 0.2) is 24.3 Å². The molecule has 0 saturated heterocycles. The van der Waals surface area contributed by atoms with Gasteiger partial charge in [-0.15, -0.1) is 0 Å². The third kappa shape index (κ3) is 2.32. The fourth-order valence-electron chi connectivity index (χ4n) is 1.81. The minimum Gasteiger partial charge on any atom is -0.368 e. The van der Waals surface area contributed by atoms with Gasteiger partial charge in [-0.05, 0) is 37.1 Å². The predicted octanol–water partition coefficient (Wildman–Crippen LogP) is 2.44. The van der Waals surface area contributed by atoms with E-state index >= 15 is 0 Å². The van der Waals surface area contributed by atoms with E-state index in [4.69, 9.17) is 10.5 Å². The van der Waals surface area contributed by atoms with E-state index in [2.05, 4.69) is 17.0 Å². The van der Waals surface area contributed by atoms with Gasteiger partial charge in [-0.3, -0.25) is 0 Å². The number of hydrogen-bond donors (Lipinski definition) is 0. The summed E-state index contributed by atoms with van der Waals surface area (Å²) in [6, 6.07) is 12.5. The quantitative estimate of drug-likeness (QED) is 0.768. The van der Waals surface area contributed by atoms with E-state index in [1.807, 2.05) is 24.3 Å². The van der Waals surface area contributed by atoms with Crippen LogP contribution in [0.2, 0.25) is 0 Å². The van der Waals surface area contributed by atoms with Gasteiger partial charge in [0.25, 0.3) is 0 Å². The van der Waals surface area contributed by atoms with Crippen molar-refractivity contribution in [2.45, 2.75) is 25.3 Å². The van der Waals surface area contributed by atoms with Crippen LogP contribution in [-0.4, -0.2) is 12.6 Å². The molecule has 2 rings (SSSR count). The van der Waals surface area contributed by atoms with Gasteiger partial charge in [0.2, 0.25) is 0 Å². The molecule has 0 amide bonds. The first-order valence-corrected chi connectivity index (χ1v) is 5.49. The highest BCUT2D eigenvalue weighted by Gasteiger charge is 2.28. The Morgan fingerprint density at radius 2 is 1.88 bits per heavy atom. The van der Waals surface area contributed by atoms with Crippen molar-refractivity contribution in [2.75, 3.05) is 11.4 Å². The summed E-state index contributed by atoms with van der Waals surface area (Å²) in [7, 11) is 0. The molecule has 3 nitrogen and oxygen atoms in total. The zero-order chi connectivity index (χ0) is 11.4. The van der Waals surface area contributed by atoms with Crippen LogP contribution in [0.5, 0.6) is 0 Å². The Bertz CT molecular complexity index is 432. The van der Waals surface area contributed by atoms with E-state index in [1.54, 1.807) is 0 Å². The topological polar surface area (TPSA) is 50.8 Å². The molecule has 0 N–H and O–H groups in total. The summed E-state index contributed by atoms with van der Waals surface area (Å²) in [5.74, 6) is 0. The third-order valence-electron chi connectivity index (χ3n) is 2.78. The average Bonchev–Trinajstić information content (AvgIpc) is 3.15. The van der Waals surface area contributed by atoms with Crippen LogP contribution >= 0.6 is 0 Å². The smallest absolute Gasteiger partial charge is 0.0991 e. The molecule has 0 bridgehead atoms. The van der Waals surface area contributed by atoms with E-state index in [1.165, 1.54) is 12.8 Å². The van der Waals surface area contributed by atoms with Gasteiger partial charge in [-0.25, -0.2) is 0 Å². The SMILES string of the molecule is N#CCCN(c1ccc(C#N)cc1)C1CC1. The first kappa shape index (κ1) is 10.5. The Balaban J connectivity index is 2.12. The van der Waals surface area contributed by atoms with Gasteiger partial charge in [0.05, 0.1) is 24.1 Å². The number of rotatable bonds is 4. The Morgan fingerprint density at radius 1 is 1.19 bits per heavy atom. The zero-order valence-electron chi connectivity index (χ0n) is 9.06. The predicted molar refractivity (Wildman–Crippen MR) is 61.8 cm³/mol. The van der Waals surface area contributed by atoms with Crippen molar-refractivity contribution >= 4 is 5.69 Å². The molecule has 0 aliphatic heterocycles. The highest BCUT2D eigenvalue weighted by atomic mass is 15.2. The molecular weight excluding hydrogens is 198 g/mol. The second kappa shape index (κ2) is 4.68. The van der Waals surface area contributed by atoms with Gasteiger partial charge in [0, 0.05) is 18.3 Å². The maximum Gasteiger partial charge on any atom is 0.0991 e. The molecule has 1 aromatic carbocycles. The molecule has 80 valence electrons. The minimum atomic E-state index is 0.552. The monoisotopic (exact) mass is 211 g/mol. The molecule has 1 aliphatic rings. The van der Waals surface area contributed by atoms with Gasteiger partial charge < -0.3 is 4.90 Å². The molecule has 0 atom stereocenters. The van der Waals surface area contributed by atoms with E-state index in [9.17, 15) is 0 Å². The summed E-state index contributed by atoms with van der Waals surface area (Å²) in [5, 5.41) is 17.4. The lowest BCUT2D eigenvalue weighted by atomic mass is 10.2. The molecule has 1 aliphatic carbocycles. The second-order valence-electron chi connectivity index (χ2n) is 3.99. The lowest BCUT2D eigenvalue weighted by molar-refractivity contribution is 0.793. The van der Waals surface area contributed by atoms with Gasteiger partial charge in [0.1, 0.15) is 0 Å². The lowest BCUT2D eigenvalue weighted by Crippen LogP contribution is -2.26. The minimum absolute atomic E-state index is 0.552. The van der Waals surface area contributed by atoms with Gasteiger partial charge in [0.15, 0.2) is 0 Å². The third-order valence-corrected chi connectivity index (χ3v) is 2.78. The molecule has 16 heavy (non-hydrogen) atoms. The average molecular weight is 211 g/mol. The maximum atomic E-state index is 8.72. The lowest BCUT2D eigenvalue weighted by Gasteiger charge is -2.23. The molecule has 0 radical (unpaired) electrons. The molecule has 0 aromatic heterocycles. The van der Waals surface area contributed by atoms with Crippen molar-refractivity contribution in [3.8, 4) is 12.1 Å². The van der Waals surface area contributed by atoms with Crippen molar-refractivity contribution < 1.29 is 0 Å². The van der Waals surface area contributed by atoms with Crippen LogP contribution < -0.4 is 4.90 Å². The molecule has 1 aromatic rings.